The minimum absolute atomic E-state index is 0.00411. The lowest BCUT2D eigenvalue weighted by Gasteiger charge is -2.38. The van der Waals surface area contributed by atoms with Gasteiger partial charge >= 0.3 is 5.97 Å². The molecule has 1 aliphatic carbocycles. The van der Waals surface area contributed by atoms with Crippen molar-refractivity contribution in [2.24, 2.45) is 11.8 Å². The van der Waals surface area contributed by atoms with Crippen molar-refractivity contribution in [3.05, 3.63) is 22.2 Å². The van der Waals surface area contributed by atoms with Crippen LogP contribution >= 0.6 is 11.6 Å². The lowest BCUT2D eigenvalue weighted by molar-refractivity contribution is -0.125. The predicted octanol–water partition coefficient (Wildman–Crippen LogP) is 4.20. The van der Waals surface area contributed by atoms with E-state index in [0.717, 1.165) is 12.8 Å². The van der Waals surface area contributed by atoms with Gasteiger partial charge in [-0.3, -0.25) is 0 Å². The normalized spacial score (nSPS) is 29.7. The number of halogens is 3. The first-order valence-corrected chi connectivity index (χ1v) is 9.53. The number of benzene rings is 1. The predicted molar refractivity (Wildman–Crippen MR) is 95.0 cm³/mol. The average Bonchev–Trinajstić information content (AvgIpc) is 3.02. The van der Waals surface area contributed by atoms with Crippen LogP contribution in [0.1, 0.15) is 42.1 Å². The van der Waals surface area contributed by atoms with Crippen molar-refractivity contribution in [3.8, 4) is 11.5 Å². The van der Waals surface area contributed by atoms with Gasteiger partial charge in [-0.05, 0) is 38.9 Å². The standard InChI is InChI=1S/C19H22ClF2NO4/c1-10-13(17(24)25)7-14(20)16-15(10)26-18(2,27-16)11-3-5-23(6-4-11)9-12-8-19(12,21)22/h7,11-12H,3-6,8-9H2,1-2H3,(H,24,25). The van der Waals surface area contributed by atoms with Crippen molar-refractivity contribution >= 4 is 17.6 Å². The van der Waals surface area contributed by atoms with Crippen LogP contribution in [0.5, 0.6) is 11.5 Å². The van der Waals surface area contributed by atoms with E-state index in [4.69, 9.17) is 21.1 Å². The molecule has 0 amide bonds. The Bertz CT molecular complexity index is 794. The Kier molecular flexibility index (Phi) is 4.31. The van der Waals surface area contributed by atoms with Crippen LogP contribution in [0.4, 0.5) is 8.78 Å². The first kappa shape index (κ1) is 18.7. The molecule has 0 radical (unpaired) electrons. The highest BCUT2D eigenvalue weighted by atomic mass is 35.5. The van der Waals surface area contributed by atoms with E-state index in [-0.39, 0.29) is 22.9 Å². The largest absolute Gasteiger partial charge is 0.478 e. The molecule has 27 heavy (non-hydrogen) atoms. The molecule has 1 saturated heterocycles. The summed E-state index contributed by atoms with van der Waals surface area (Å²) in [4.78, 5) is 13.5. The summed E-state index contributed by atoms with van der Waals surface area (Å²) in [7, 11) is 0. The van der Waals surface area contributed by atoms with Gasteiger partial charge in [0.05, 0.1) is 10.6 Å². The molecule has 0 spiro atoms. The fourth-order valence-corrected chi connectivity index (χ4v) is 4.39. The van der Waals surface area contributed by atoms with Gasteiger partial charge in [-0.25, -0.2) is 13.6 Å². The minimum Gasteiger partial charge on any atom is -0.478 e. The van der Waals surface area contributed by atoms with Crippen LogP contribution in [0.25, 0.3) is 0 Å². The van der Waals surface area contributed by atoms with Crippen LogP contribution in [0.15, 0.2) is 6.07 Å². The number of ether oxygens (including phenoxy) is 2. The summed E-state index contributed by atoms with van der Waals surface area (Å²) in [6, 6.07) is 1.38. The summed E-state index contributed by atoms with van der Waals surface area (Å²) in [6.07, 6.45) is 1.51. The first-order valence-electron chi connectivity index (χ1n) is 9.15. The molecule has 8 heteroatoms. The van der Waals surface area contributed by atoms with Crippen molar-refractivity contribution in [2.45, 2.75) is 44.8 Å². The monoisotopic (exact) mass is 401 g/mol. The van der Waals surface area contributed by atoms with Crippen LogP contribution in [-0.2, 0) is 0 Å². The average molecular weight is 402 g/mol. The molecule has 0 bridgehead atoms. The summed E-state index contributed by atoms with van der Waals surface area (Å²) in [5.41, 5.74) is 0.575. The van der Waals surface area contributed by atoms with Gasteiger partial charge in [0.15, 0.2) is 11.5 Å². The number of carboxylic acids is 1. The molecule has 5 nitrogen and oxygen atoms in total. The maximum atomic E-state index is 13.1. The van der Waals surface area contributed by atoms with Crippen molar-refractivity contribution in [1.82, 2.24) is 4.90 Å². The quantitative estimate of drug-likeness (QED) is 0.819. The number of hydrogen-bond donors (Lipinski definition) is 1. The number of rotatable bonds is 4. The van der Waals surface area contributed by atoms with Crippen LogP contribution in [-0.4, -0.2) is 47.3 Å². The van der Waals surface area contributed by atoms with Gasteiger partial charge in [-0.1, -0.05) is 11.6 Å². The van der Waals surface area contributed by atoms with Crippen LogP contribution in [0, 0.1) is 18.8 Å². The number of carboxylic acid groups (broad SMARTS) is 1. The lowest BCUT2D eigenvalue weighted by Crippen LogP contribution is -2.49. The topological polar surface area (TPSA) is 59.0 Å². The van der Waals surface area contributed by atoms with Gasteiger partial charge in [0.1, 0.15) is 0 Å². The van der Waals surface area contributed by atoms with Crippen LogP contribution in [0.3, 0.4) is 0 Å². The minimum atomic E-state index is -2.49. The third-order valence-corrected chi connectivity index (χ3v) is 6.32. The Balaban J connectivity index is 1.45. The Labute approximate surface area is 161 Å². The first-order chi connectivity index (χ1) is 12.6. The van der Waals surface area contributed by atoms with Gasteiger partial charge in [-0.2, -0.15) is 0 Å². The smallest absolute Gasteiger partial charge is 0.336 e. The zero-order chi connectivity index (χ0) is 19.6. The summed E-state index contributed by atoms with van der Waals surface area (Å²) in [6.45, 7) is 5.36. The highest BCUT2D eigenvalue weighted by Crippen LogP contribution is 2.52. The summed E-state index contributed by atoms with van der Waals surface area (Å²) >= 11 is 6.22. The second kappa shape index (κ2) is 6.21. The molecule has 1 aromatic rings. The van der Waals surface area contributed by atoms with Gasteiger partial charge in [-0.15, -0.1) is 0 Å². The SMILES string of the molecule is Cc1c(C(=O)O)cc(Cl)c2c1OC(C)(C1CCN(CC3CC3(F)F)CC1)O2. The van der Waals surface area contributed by atoms with E-state index in [1.54, 1.807) is 6.92 Å². The Morgan fingerprint density at radius 1 is 1.33 bits per heavy atom. The number of hydrogen-bond acceptors (Lipinski definition) is 4. The van der Waals surface area contributed by atoms with E-state index in [1.807, 2.05) is 6.92 Å². The van der Waals surface area contributed by atoms with Gasteiger partial charge in [0, 0.05) is 37.3 Å². The third-order valence-electron chi connectivity index (χ3n) is 6.04. The van der Waals surface area contributed by atoms with Gasteiger partial charge in [0.2, 0.25) is 0 Å². The van der Waals surface area contributed by atoms with Crippen molar-refractivity contribution in [3.63, 3.8) is 0 Å². The lowest BCUT2D eigenvalue weighted by atomic mass is 9.89. The third kappa shape index (κ3) is 3.25. The molecule has 2 unspecified atom stereocenters. The number of fused-ring (bicyclic) bond motifs is 1. The zero-order valence-electron chi connectivity index (χ0n) is 15.2. The number of alkyl halides is 2. The molecule has 2 heterocycles. The number of nitrogens with zero attached hydrogens (tertiary/aromatic N) is 1. The van der Waals surface area contributed by atoms with E-state index in [1.165, 1.54) is 6.07 Å². The van der Waals surface area contributed by atoms with E-state index in [2.05, 4.69) is 4.90 Å². The molecule has 1 aromatic carbocycles. The molecule has 3 aliphatic rings. The van der Waals surface area contributed by atoms with E-state index >= 15 is 0 Å². The molecule has 2 fully saturated rings. The summed E-state index contributed by atoms with van der Waals surface area (Å²) in [5, 5.41) is 9.54. The van der Waals surface area contributed by atoms with Gasteiger partial charge in [0.25, 0.3) is 11.7 Å². The second-order valence-corrected chi connectivity index (χ2v) is 8.36. The van der Waals surface area contributed by atoms with E-state index in [9.17, 15) is 18.7 Å². The van der Waals surface area contributed by atoms with Crippen LogP contribution in [0.2, 0.25) is 5.02 Å². The highest BCUT2D eigenvalue weighted by Gasteiger charge is 2.57. The zero-order valence-corrected chi connectivity index (χ0v) is 16.0. The number of carbonyl (C=O) groups is 1. The number of likely N-dealkylation sites (tertiary alicyclic amines) is 1. The fourth-order valence-electron chi connectivity index (χ4n) is 4.15. The second-order valence-electron chi connectivity index (χ2n) is 7.95. The Morgan fingerprint density at radius 2 is 1.93 bits per heavy atom. The molecule has 0 aromatic heterocycles. The molecule has 4 rings (SSSR count). The van der Waals surface area contributed by atoms with Crippen molar-refractivity contribution in [1.29, 1.82) is 0 Å². The molecule has 1 saturated carbocycles. The molecule has 2 atom stereocenters. The Hall–Kier alpha value is -1.60. The molecule has 148 valence electrons. The van der Waals surface area contributed by atoms with E-state index < -0.39 is 23.6 Å². The van der Waals surface area contributed by atoms with E-state index in [0.29, 0.717) is 36.7 Å². The number of piperidine rings is 1. The molecular formula is C19H22ClF2NO4. The van der Waals surface area contributed by atoms with Gasteiger partial charge < -0.3 is 19.5 Å². The molecular weight excluding hydrogens is 380 g/mol. The summed E-state index contributed by atoms with van der Waals surface area (Å²) in [5.74, 6) is -4.20. The summed E-state index contributed by atoms with van der Waals surface area (Å²) < 4.78 is 38.4. The molecule has 2 aliphatic heterocycles. The van der Waals surface area contributed by atoms with Crippen molar-refractivity contribution < 1.29 is 28.2 Å². The number of aromatic carboxylic acids is 1. The Morgan fingerprint density at radius 3 is 2.48 bits per heavy atom. The van der Waals surface area contributed by atoms with Crippen LogP contribution < -0.4 is 9.47 Å². The maximum absolute atomic E-state index is 13.1. The highest BCUT2D eigenvalue weighted by molar-refractivity contribution is 6.32. The maximum Gasteiger partial charge on any atom is 0.336 e. The fraction of sp³-hybridized carbons (Fsp3) is 0.632. The van der Waals surface area contributed by atoms with Crippen molar-refractivity contribution in [2.75, 3.05) is 19.6 Å². The molecule has 1 N–H and O–H groups in total.